The predicted molar refractivity (Wildman–Crippen MR) is 115 cm³/mol. The van der Waals surface area contributed by atoms with Gasteiger partial charge in [-0.3, -0.25) is 14.4 Å². The summed E-state index contributed by atoms with van der Waals surface area (Å²) in [7, 11) is 0. The van der Waals surface area contributed by atoms with Crippen LogP contribution in [-0.2, 0) is 19.2 Å². The lowest BCUT2D eigenvalue weighted by Crippen LogP contribution is -2.60. The van der Waals surface area contributed by atoms with Gasteiger partial charge in [0.25, 0.3) is 0 Å². The van der Waals surface area contributed by atoms with Gasteiger partial charge in [-0.25, -0.2) is 4.79 Å². The minimum Gasteiger partial charge on any atom is -0.480 e. The fourth-order valence-electron chi connectivity index (χ4n) is 2.53. The maximum atomic E-state index is 12.7. The molecule has 3 amide bonds. The van der Waals surface area contributed by atoms with Crippen molar-refractivity contribution in [3.63, 3.8) is 0 Å². The molecule has 174 valence electrons. The topological polar surface area (TPSA) is 197 Å². The Morgan fingerprint density at radius 1 is 0.933 bits per heavy atom. The number of carboxylic acids is 1. The van der Waals surface area contributed by atoms with Crippen LogP contribution in [0.15, 0.2) is 0 Å². The number of rotatable bonds is 14. The fraction of sp³-hybridized carbons (Fsp3) is 0.778. The van der Waals surface area contributed by atoms with Gasteiger partial charge < -0.3 is 37.6 Å². The first kappa shape index (κ1) is 28.1. The smallest absolute Gasteiger partial charge is 0.327 e. The molecule has 0 spiro atoms. The van der Waals surface area contributed by atoms with Crippen molar-refractivity contribution in [2.24, 2.45) is 17.4 Å². The molecule has 12 heteroatoms. The Hall–Kier alpha value is -1.89. The Morgan fingerprint density at radius 3 is 1.90 bits per heavy atom. The number of aliphatic hydroxyl groups excluding tert-OH is 1. The van der Waals surface area contributed by atoms with Crippen LogP contribution in [0.2, 0.25) is 0 Å². The van der Waals surface area contributed by atoms with Crippen LogP contribution in [0.1, 0.15) is 40.0 Å². The van der Waals surface area contributed by atoms with Crippen molar-refractivity contribution in [3.05, 3.63) is 0 Å². The molecule has 0 aliphatic heterocycles. The van der Waals surface area contributed by atoms with E-state index in [1.165, 1.54) is 6.92 Å². The molecule has 0 aromatic carbocycles. The molecular formula is C18H35N5O6S. The molecule has 0 rings (SSSR count). The first-order chi connectivity index (χ1) is 14.0. The predicted octanol–water partition coefficient (Wildman–Crippen LogP) is -2.05. The number of carbonyl (C=O) groups excluding carboxylic acids is 3. The third-order valence-corrected chi connectivity index (χ3v) is 4.78. The summed E-state index contributed by atoms with van der Waals surface area (Å²) in [6.45, 7) is 5.10. The Balaban J connectivity index is 5.16. The molecule has 0 fully saturated rings. The summed E-state index contributed by atoms with van der Waals surface area (Å²) in [5, 5.41) is 26.2. The standard InChI is InChI=1S/C18H35N5O6S/c1-9(2)13(16(26)21-12(8-30)18(28)29)22-17(27)14(10(3)24)23-15(25)11(20)6-4-5-7-19/h9-14,24,30H,4-8,19-20H2,1-3H3,(H,21,26)(H,22,27)(H,23,25)(H,28,29). The molecule has 9 N–H and O–H groups in total. The maximum absolute atomic E-state index is 12.7. The minimum absolute atomic E-state index is 0.131. The number of amides is 3. The number of hydrogen-bond acceptors (Lipinski definition) is 8. The zero-order chi connectivity index (χ0) is 23.4. The normalized spacial score (nSPS) is 16.1. The first-order valence-corrected chi connectivity index (χ1v) is 10.5. The highest BCUT2D eigenvalue weighted by Gasteiger charge is 2.33. The minimum atomic E-state index is -1.34. The quantitative estimate of drug-likeness (QED) is 0.109. The molecule has 0 saturated heterocycles. The van der Waals surface area contributed by atoms with Crippen LogP contribution in [-0.4, -0.2) is 76.5 Å². The summed E-state index contributed by atoms with van der Waals surface area (Å²) in [5.74, 6) is -3.90. The molecule has 0 bridgehead atoms. The third-order valence-electron chi connectivity index (χ3n) is 4.41. The molecule has 0 aliphatic carbocycles. The van der Waals surface area contributed by atoms with Crippen molar-refractivity contribution < 1.29 is 29.4 Å². The van der Waals surface area contributed by atoms with Crippen molar-refractivity contribution in [1.29, 1.82) is 0 Å². The van der Waals surface area contributed by atoms with E-state index in [4.69, 9.17) is 16.6 Å². The number of nitrogens with one attached hydrogen (secondary N) is 3. The molecule has 0 radical (unpaired) electrons. The van der Waals surface area contributed by atoms with Gasteiger partial charge in [-0.05, 0) is 32.2 Å². The van der Waals surface area contributed by atoms with Gasteiger partial charge in [0.15, 0.2) is 0 Å². The molecule has 0 aromatic rings. The van der Waals surface area contributed by atoms with Crippen LogP contribution in [0.5, 0.6) is 0 Å². The number of nitrogens with two attached hydrogens (primary N) is 2. The first-order valence-electron chi connectivity index (χ1n) is 9.84. The van der Waals surface area contributed by atoms with E-state index in [-0.39, 0.29) is 5.75 Å². The molecule has 30 heavy (non-hydrogen) atoms. The van der Waals surface area contributed by atoms with Crippen LogP contribution in [0.3, 0.4) is 0 Å². The second-order valence-corrected chi connectivity index (χ2v) is 7.80. The molecule has 0 saturated carbocycles. The van der Waals surface area contributed by atoms with Gasteiger partial charge in [-0.1, -0.05) is 20.3 Å². The van der Waals surface area contributed by atoms with E-state index >= 15 is 0 Å². The van der Waals surface area contributed by atoms with E-state index in [9.17, 15) is 24.3 Å². The largest absolute Gasteiger partial charge is 0.480 e. The van der Waals surface area contributed by atoms with E-state index < -0.39 is 59.9 Å². The molecule has 0 heterocycles. The number of thiol groups is 1. The monoisotopic (exact) mass is 449 g/mol. The summed E-state index contributed by atoms with van der Waals surface area (Å²) in [5.41, 5.74) is 11.2. The number of carbonyl (C=O) groups is 4. The summed E-state index contributed by atoms with van der Waals surface area (Å²) < 4.78 is 0. The van der Waals surface area contributed by atoms with E-state index in [1.54, 1.807) is 13.8 Å². The lowest BCUT2D eigenvalue weighted by Gasteiger charge is -2.28. The van der Waals surface area contributed by atoms with Crippen LogP contribution in [0.25, 0.3) is 0 Å². The van der Waals surface area contributed by atoms with Crippen molar-refractivity contribution in [3.8, 4) is 0 Å². The van der Waals surface area contributed by atoms with E-state index in [0.29, 0.717) is 25.8 Å². The number of carboxylic acid groups (broad SMARTS) is 1. The Kier molecular flexibility index (Phi) is 13.3. The van der Waals surface area contributed by atoms with Crippen LogP contribution in [0, 0.1) is 5.92 Å². The molecule has 5 unspecified atom stereocenters. The molecule has 0 aliphatic rings. The van der Waals surface area contributed by atoms with E-state index in [0.717, 1.165) is 0 Å². The lowest BCUT2D eigenvalue weighted by molar-refractivity contribution is -0.142. The zero-order valence-corrected chi connectivity index (χ0v) is 18.5. The van der Waals surface area contributed by atoms with Gasteiger partial charge in [-0.2, -0.15) is 12.6 Å². The van der Waals surface area contributed by atoms with Crippen LogP contribution < -0.4 is 27.4 Å². The number of aliphatic hydroxyl groups is 1. The van der Waals surface area contributed by atoms with Crippen molar-refractivity contribution in [2.75, 3.05) is 12.3 Å². The summed E-state index contributed by atoms with van der Waals surface area (Å²) in [4.78, 5) is 48.5. The lowest BCUT2D eigenvalue weighted by atomic mass is 10.0. The van der Waals surface area contributed by atoms with Crippen LogP contribution >= 0.6 is 12.6 Å². The van der Waals surface area contributed by atoms with Crippen molar-refractivity contribution >= 4 is 36.3 Å². The number of hydrogen-bond donors (Lipinski definition) is 8. The Labute approximate surface area is 182 Å². The third kappa shape index (κ3) is 9.74. The van der Waals surface area contributed by atoms with Gasteiger partial charge >= 0.3 is 5.97 Å². The van der Waals surface area contributed by atoms with Gasteiger partial charge in [0.2, 0.25) is 17.7 Å². The number of unbranched alkanes of at least 4 members (excludes halogenated alkanes) is 1. The fourth-order valence-corrected chi connectivity index (χ4v) is 2.78. The summed E-state index contributed by atoms with van der Waals surface area (Å²) in [6, 6.07) is -4.53. The number of aliphatic carboxylic acids is 1. The Morgan fingerprint density at radius 2 is 1.47 bits per heavy atom. The van der Waals surface area contributed by atoms with Crippen molar-refractivity contribution in [2.45, 2.75) is 70.3 Å². The summed E-state index contributed by atoms with van der Waals surface area (Å²) in [6.07, 6.45) is 0.456. The highest BCUT2D eigenvalue weighted by molar-refractivity contribution is 7.80. The van der Waals surface area contributed by atoms with E-state index in [2.05, 4.69) is 28.6 Å². The second-order valence-electron chi connectivity index (χ2n) is 7.43. The highest BCUT2D eigenvalue weighted by Crippen LogP contribution is 2.06. The van der Waals surface area contributed by atoms with Gasteiger partial charge in [-0.15, -0.1) is 0 Å². The maximum Gasteiger partial charge on any atom is 0.327 e. The molecule has 0 aromatic heterocycles. The SMILES string of the molecule is CC(C)C(NC(=O)C(NC(=O)C(N)CCCCN)C(C)O)C(=O)NC(CS)C(=O)O. The highest BCUT2D eigenvalue weighted by atomic mass is 32.1. The van der Waals surface area contributed by atoms with Gasteiger partial charge in [0, 0.05) is 5.75 Å². The van der Waals surface area contributed by atoms with Crippen LogP contribution in [0.4, 0.5) is 0 Å². The molecule has 11 nitrogen and oxygen atoms in total. The molecule has 5 atom stereocenters. The van der Waals surface area contributed by atoms with Crippen molar-refractivity contribution in [1.82, 2.24) is 16.0 Å². The molecular weight excluding hydrogens is 414 g/mol. The average Bonchev–Trinajstić information content (AvgIpc) is 2.66. The average molecular weight is 450 g/mol. The second kappa shape index (κ2) is 14.2. The van der Waals surface area contributed by atoms with Gasteiger partial charge in [0.05, 0.1) is 12.1 Å². The van der Waals surface area contributed by atoms with E-state index in [1.807, 2.05) is 0 Å². The summed E-state index contributed by atoms with van der Waals surface area (Å²) >= 11 is 3.88. The zero-order valence-electron chi connectivity index (χ0n) is 17.6. The van der Waals surface area contributed by atoms with Gasteiger partial charge in [0.1, 0.15) is 18.1 Å². The Bertz CT molecular complexity index is 589.